The van der Waals surface area contributed by atoms with Gasteiger partial charge in [0.15, 0.2) is 0 Å². The van der Waals surface area contributed by atoms with Crippen molar-refractivity contribution in [2.45, 2.75) is 17.1 Å². The monoisotopic (exact) mass is 326 g/mol. The summed E-state index contributed by atoms with van der Waals surface area (Å²) >= 11 is 5.90. The maximum Gasteiger partial charge on any atom is 0.307 e. The fourth-order valence-corrected chi connectivity index (χ4v) is 3.29. The van der Waals surface area contributed by atoms with E-state index in [1.807, 2.05) is 0 Å². The molecule has 110 valence electrons. The van der Waals surface area contributed by atoms with Crippen LogP contribution >= 0.6 is 11.6 Å². The molecule has 0 spiro atoms. The summed E-state index contributed by atoms with van der Waals surface area (Å²) in [5, 5.41) is 8.93. The van der Waals surface area contributed by atoms with Gasteiger partial charge in [-0.15, -0.1) is 0 Å². The normalized spacial score (nSPS) is 12.1. The third kappa shape index (κ3) is 4.12. The van der Waals surface area contributed by atoms with Crippen molar-refractivity contribution >= 4 is 28.4 Å². The first-order chi connectivity index (χ1) is 9.97. The van der Waals surface area contributed by atoms with Crippen LogP contribution in [0.5, 0.6) is 0 Å². The van der Waals surface area contributed by atoms with Gasteiger partial charge < -0.3 is 5.11 Å². The van der Waals surface area contributed by atoms with E-state index in [0.29, 0.717) is 10.5 Å². The van der Waals surface area contributed by atoms with E-state index in [2.05, 4.69) is 0 Å². The Hall–Kier alpha value is -1.72. The van der Waals surface area contributed by atoms with Crippen LogP contribution in [0.15, 0.2) is 47.4 Å². The van der Waals surface area contributed by atoms with Crippen molar-refractivity contribution in [1.82, 2.24) is 0 Å². The number of hydrogen-bond acceptors (Lipinski definition) is 2. The van der Waals surface area contributed by atoms with Crippen molar-refractivity contribution in [2.24, 2.45) is 0 Å². The zero-order chi connectivity index (χ0) is 15.4. The van der Waals surface area contributed by atoms with Crippen molar-refractivity contribution in [1.29, 1.82) is 0 Å². The second-order valence-electron chi connectivity index (χ2n) is 4.40. The van der Waals surface area contributed by atoms with Crippen LogP contribution in [-0.2, 0) is 27.8 Å². The summed E-state index contributed by atoms with van der Waals surface area (Å²) < 4.78 is 25.9. The first kappa shape index (κ1) is 15.7. The Morgan fingerprint density at radius 2 is 1.86 bits per heavy atom. The highest BCUT2D eigenvalue weighted by Gasteiger charge is 2.12. The molecule has 0 bridgehead atoms. The zero-order valence-electron chi connectivity index (χ0n) is 10.9. The Morgan fingerprint density at radius 3 is 2.43 bits per heavy atom. The lowest BCUT2D eigenvalue weighted by molar-refractivity contribution is -0.136. The van der Waals surface area contributed by atoms with E-state index < -0.39 is 22.6 Å². The minimum absolute atomic E-state index is 0.0240. The lowest BCUT2D eigenvalue weighted by Gasteiger charge is -2.07. The van der Waals surface area contributed by atoms with E-state index in [1.54, 1.807) is 30.3 Å². The average Bonchev–Trinajstić information content (AvgIpc) is 2.43. The molecular weight excluding hydrogens is 315 g/mol. The minimum Gasteiger partial charge on any atom is -0.481 e. The predicted octanol–water partition coefficient (Wildman–Crippen LogP) is 3.41. The van der Waals surface area contributed by atoms with Crippen LogP contribution in [0.2, 0.25) is 5.02 Å². The Kier molecular flexibility index (Phi) is 5.09. The summed E-state index contributed by atoms with van der Waals surface area (Å²) in [5.41, 5.74) is 0.833. The molecule has 0 saturated heterocycles. The summed E-state index contributed by atoms with van der Waals surface area (Å²) in [4.78, 5) is 11.1. The molecule has 2 rings (SSSR count). The third-order valence-corrected chi connectivity index (χ3v) is 4.58. The van der Waals surface area contributed by atoms with Crippen molar-refractivity contribution in [3.8, 4) is 0 Å². The second-order valence-corrected chi connectivity index (χ2v) is 6.26. The van der Waals surface area contributed by atoms with Gasteiger partial charge in [0.25, 0.3) is 0 Å². The molecule has 0 aliphatic carbocycles. The fourth-order valence-electron chi connectivity index (χ4n) is 1.82. The Morgan fingerprint density at radius 1 is 1.19 bits per heavy atom. The number of carbonyl (C=O) groups is 1. The quantitative estimate of drug-likeness (QED) is 0.916. The minimum atomic E-state index is -1.45. The number of benzene rings is 2. The summed E-state index contributed by atoms with van der Waals surface area (Å²) in [6.45, 7) is 0. The van der Waals surface area contributed by atoms with Gasteiger partial charge in [0.2, 0.25) is 0 Å². The largest absolute Gasteiger partial charge is 0.481 e. The van der Waals surface area contributed by atoms with Gasteiger partial charge >= 0.3 is 5.97 Å². The van der Waals surface area contributed by atoms with Gasteiger partial charge in [0.05, 0.1) is 23.0 Å². The number of hydrogen-bond donors (Lipinski definition) is 1. The Bertz CT molecular complexity index is 666. The molecule has 1 atom stereocenters. The molecule has 0 aliphatic heterocycles. The average molecular weight is 327 g/mol. The van der Waals surface area contributed by atoms with Gasteiger partial charge in [-0.25, -0.2) is 4.39 Å². The molecular formula is C15H12ClFO3S. The molecule has 2 aromatic carbocycles. The molecule has 21 heavy (non-hydrogen) atoms. The van der Waals surface area contributed by atoms with Crippen LogP contribution in [0, 0.1) is 5.82 Å². The molecule has 1 unspecified atom stereocenters. The predicted molar refractivity (Wildman–Crippen MR) is 79.3 cm³/mol. The lowest BCUT2D eigenvalue weighted by atomic mass is 10.2. The molecule has 0 radical (unpaired) electrons. The van der Waals surface area contributed by atoms with Crippen molar-refractivity contribution < 1.29 is 18.5 Å². The van der Waals surface area contributed by atoms with Crippen molar-refractivity contribution in [3.63, 3.8) is 0 Å². The van der Waals surface area contributed by atoms with Crippen molar-refractivity contribution in [3.05, 3.63) is 64.4 Å². The molecule has 0 aliphatic rings. The molecule has 2 aromatic rings. The van der Waals surface area contributed by atoms with E-state index in [4.69, 9.17) is 16.7 Å². The van der Waals surface area contributed by atoms with Crippen LogP contribution in [0.4, 0.5) is 4.39 Å². The summed E-state index contributed by atoms with van der Waals surface area (Å²) in [6, 6.07) is 10.7. The number of halogens is 2. The van der Waals surface area contributed by atoms with E-state index >= 15 is 0 Å². The third-order valence-electron chi connectivity index (χ3n) is 2.88. The van der Waals surface area contributed by atoms with E-state index in [-0.39, 0.29) is 22.8 Å². The first-order valence-corrected chi connectivity index (χ1v) is 7.79. The smallest absolute Gasteiger partial charge is 0.307 e. The van der Waals surface area contributed by atoms with Crippen LogP contribution < -0.4 is 0 Å². The lowest BCUT2D eigenvalue weighted by Crippen LogP contribution is -2.02. The Labute approximate surface area is 128 Å². The van der Waals surface area contributed by atoms with E-state index in [9.17, 15) is 13.4 Å². The van der Waals surface area contributed by atoms with E-state index in [0.717, 1.165) is 0 Å². The number of aliphatic carboxylic acids is 1. The van der Waals surface area contributed by atoms with Crippen LogP contribution in [0.1, 0.15) is 11.1 Å². The van der Waals surface area contributed by atoms with Gasteiger partial charge in [-0.1, -0.05) is 29.8 Å². The molecule has 1 N–H and O–H groups in total. The van der Waals surface area contributed by atoms with Crippen LogP contribution in [0.3, 0.4) is 0 Å². The molecule has 0 saturated carbocycles. The molecule has 0 aromatic heterocycles. The first-order valence-electron chi connectivity index (χ1n) is 6.09. The second kappa shape index (κ2) is 6.83. The molecule has 0 amide bonds. The topological polar surface area (TPSA) is 54.4 Å². The summed E-state index contributed by atoms with van der Waals surface area (Å²) in [6.07, 6.45) is -0.0912. The number of rotatable bonds is 5. The molecule has 3 nitrogen and oxygen atoms in total. The summed E-state index contributed by atoms with van der Waals surface area (Å²) in [7, 11) is -1.45. The zero-order valence-corrected chi connectivity index (χ0v) is 12.5. The van der Waals surface area contributed by atoms with Gasteiger partial charge in [-0.2, -0.15) is 0 Å². The number of carboxylic acids is 1. The van der Waals surface area contributed by atoms with Crippen LogP contribution in [0.25, 0.3) is 0 Å². The van der Waals surface area contributed by atoms with Gasteiger partial charge in [0.1, 0.15) is 5.82 Å². The Balaban J connectivity index is 2.15. The molecule has 0 heterocycles. The maximum atomic E-state index is 13.6. The van der Waals surface area contributed by atoms with Gasteiger partial charge in [-0.05, 0) is 29.8 Å². The van der Waals surface area contributed by atoms with Gasteiger partial charge in [0, 0.05) is 15.5 Å². The standard InChI is InChI=1S/C15H12ClFO3S/c16-13-2-1-3-14(17)12(13)9-21(20)11-6-4-10(5-7-11)8-15(18)19/h1-7H,8-9H2,(H,18,19). The van der Waals surface area contributed by atoms with Crippen molar-refractivity contribution in [2.75, 3.05) is 0 Å². The maximum absolute atomic E-state index is 13.6. The van der Waals surface area contributed by atoms with Gasteiger partial charge in [-0.3, -0.25) is 9.00 Å². The fraction of sp³-hybridized carbons (Fsp3) is 0.133. The summed E-state index contributed by atoms with van der Waals surface area (Å²) in [5.74, 6) is -1.44. The number of carboxylic acid groups (broad SMARTS) is 1. The molecule has 6 heteroatoms. The highest BCUT2D eigenvalue weighted by Crippen LogP contribution is 2.23. The SMILES string of the molecule is O=C(O)Cc1ccc(S(=O)Cc2c(F)cccc2Cl)cc1. The highest BCUT2D eigenvalue weighted by atomic mass is 35.5. The highest BCUT2D eigenvalue weighted by molar-refractivity contribution is 7.84. The van der Waals surface area contributed by atoms with E-state index in [1.165, 1.54) is 12.1 Å². The molecule has 0 fully saturated rings. The van der Waals surface area contributed by atoms with Crippen LogP contribution in [-0.4, -0.2) is 15.3 Å².